The largest absolute Gasteiger partial charge is 0.488 e. The van der Waals surface area contributed by atoms with Gasteiger partial charge in [0.2, 0.25) is 0 Å². The molecule has 2 atom stereocenters. The van der Waals surface area contributed by atoms with Gasteiger partial charge in [0, 0.05) is 0 Å². The predicted molar refractivity (Wildman–Crippen MR) is 68.1 cm³/mol. The molecule has 3 N–H and O–H groups in total. The maximum absolute atomic E-state index is 9.83. The molecule has 1 fully saturated rings. The van der Waals surface area contributed by atoms with Crippen molar-refractivity contribution in [2.75, 3.05) is 6.54 Å². The minimum Gasteiger partial charge on any atom is -0.488 e. The van der Waals surface area contributed by atoms with Crippen LogP contribution in [0.2, 0.25) is 0 Å². The molecular formula is C14H21NO2. The molecule has 0 amide bonds. The molecule has 0 saturated heterocycles. The first-order valence-electron chi connectivity index (χ1n) is 6.43. The molecule has 1 aromatic carbocycles. The summed E-state index contributed by atoms with van der Waals surface area (Å²) in [6, 6.07) is 8.01. The normalized spacial score (nSPS) is 24.6. The second-order valence-electron chi connectivity index (χ2n) is 4.69. The highest BCUT2D eigenvalue weighted by atomic mass is 16.5. The zero-order valence-corrected chi connectivity index (χ0v) is 10.1. The van der Waals surface area contributed by atoms with Crippen LogP contribution in [0.25, 0.3) is 0 Å². The van der Waals surface area contributed by atoms with Gasteiger partial charge in [0.25, 0.3) is 0 Å². The van der Waals surface area contributed by atoms with Crippen molar-refractivity contribution in [3.05, 3.63) is 29.8 Å². The van der Waals surface area contributed by atoms with Crippen LogP contribution in [0.5, 0.6) is 5.75 Å². The number of hydrogen-bond donors (Lipinski definition) is 2. The topological polar surface area (TPSA) is 55.5 Å². The number of aliphatic hydroxyl groups excluding tert-OH is 1. The van der Waals surface area contributed by atoms with Crippen LogP contribution in [0.15, 0.2) is 24.3 Å². The van der Waals surface area contributed by atoms with E-state index in [1.807, 2.05) is 24.3 Å². The summed E-state index contributed by atoms with van der Waals surface area (Å²) in [5.74, 6) is 0.844. The Balaban J connectivity index is 1.93. The van der Waals surface area contributed by atoms with Crippen LogP contribution in [0.4, 0.5) is 0 Å². The molecular weight excluding hydrogens is 214 g/mol. The van der Waals surface area contributed by atoms with Gasteiger partial charge in [-0.3, -0.25) is 0 Å². The van der Waals surface area contributed by atoms with Gasteiger partial charge in [-0.25, -0.2) is 0 Å². The highest BCUT2D eigenvalue weighted by molar-refractivity contribution is 5.27. The molecule has 2 unspecified atom stereocenters. The standard InChI is InChI=1S/C14H21NO2/c15-10-9-11-5-7-12(8-6-11)17-14-4-2-1-3-13(14)16/h5-8,13-14,16H,1-4,9-10,15H2. The van der Waals surface area contributed by atoms with E-state index in [1.54, 1.807) is 0 Å². The summed E-state index contributed by atoms with van der Waals surface area (Å²) in [5.41, 5.74) is 6.73. The first-order chi connectivity index (χ1) is 8.29. The summed E-state index contributed by atoms with van der Waals surface area (Å²) >= 11 is 0. The number of ether oxygens (including phenoxy) is 1. The molecule has 1 saturated carbocycles. The Hall–Kier alpha value is -1.06. The van der Waals surface area contributed by atoms with Gasteiger partial charge in [-0.2, -0.15) is 0 Å². The number of rotatable bonds is 4. The summed E-state index contributed by atoms with van der Waals surface area (Å²) in [7, 11) is 0. The van der Waals surface area contributed by atoms with Crippen molar-refractivity contribution in [2.24, 2.45) is 5.73 Å². The molecule has 94 valence electrons. The Morgan fingerprint density at radius 2 is 1.88 bits per heavy atom. The first-order valence-corrected chi connectivity index (χ1v) is 6.43. The van der Waals surface area contributed by atoms with Crippen molar-refractivity contribution in [1.29, 1.82) is 0 Å². The number of benzene rings is 1. The van der Waals surface area contributed by atoms with Crippen LogP contribution in [0.3, 0.4) is 0 Å². The number of nitrogens with two attached hydrogens (primary N) is 1. The minimum atomic E-state index is -0.313. The van der Waals surface area contributed by atoms with Crippen LogP contribution < -0.4 is 10.5 Å². The summed E-state index contributed by atoms with van der Waals surface area (Å²) in [6.45, 7) is 0.668. The number of aliphatic hydroxyl groups is 1. The van der Waals surface area contributed by atoms with Crippen LogP contribution in [0, 0.1) is 0 Å². The third-order valence-corrected chi connectivity index (χ3v) is 3.31. The van der Waals surface area contributed by atoms with E-state index in [-0.39, 0.29) is 12.2 Å². The highest BCUT2D eigenvalue weighted by Gasteiger charge is 2.24. The molecule has 0 heterocycles. The van der Waals surface area contributed by atoms with Gasteiger partial charge in [0.15, 0.2) is 0 Å². The van der Waals surface area contributed by atoms with Gasteiger partial charge >= 0.3 is 0 Å². The van der Waals surface area contributed by atoms with E-state index >= 15 is 0 Å². The molecule has 3 heteroatoms. The molecule has 0 aliphatic heterocycles. The van der Waals surface area contributed by atoms with E-state index in [2.05, 4.69) is 0 Å². The molecule has 0 spiro atoms. The molecule has 0 aromatic heterocycles. The average Bonchev–Trinajstić information content (AvgIpc) is 2.35. The lowest BCUT2D eigenvalue weighted by molar-refractivity contribution is 0.00687. The van der Waals surface area contributed by atoms with Gasteiger partial charge in [-0.1, -0.05) is 18.6 Å². The number of hydrogen-bond acceptors (Lipinski definition) is 3. The molecule has 0 bridgehead atoms. The molecule has 17 heavy (non-hydrogen) atoms. The third-order valence-electron chi connectivity index (χ3n) is 3.31. The Morgan fingerprint density at radius 3 is 2.53 bits per heavy atom. The quantitative estimate of drug-likeness (QED) is 0.837. The molecule has 1 aliphatic rings. The van der Waals surface area contributed by atoms with Crippen LogP contribution in [0.1, 0.15) is 31.2 Å². The van der Waals surface area contributed by atoms with Gasteiger partial charge in [0.1, 0.15) is 11.9 Å². The van der Waals surface area contributed by atoms with E-state index in [1.165, 1.54) is 5.56 Å². The van der Waals surface area contributed by atoms with Crippen LogP contribution in [-0.2, 0) is 6.42 Å². The van der Waals surface area contributed by atoms with Gasteiger partial charge in [-0.05, 0) is 49.9 Å². The zero-order chi connectivity index (χ0) is 12.1. The lowest BCUT2D eigenvalue weighted by Gasteiger charge is -2.28. The summed E-state index contributed by atoms with van der Waals surface area (Å²) in [5, 5.41) is 9.83. The van der Waals surface area contributed by atoms with Crippen molar-refractivity contribution in [3.8, 4) is 5.75 Å². The first kappa shape index (κ1) is 12.4. The Morgan fingerprint density at radius 1 is 1.18 bits per heavy atom. The van der Waals surface area contributed by atoms with E-state index in [0.717, 1.165) is 37.9 Å². The summed E-state index contributed by atoms with van der Waals surface area (Å²) in [6.07, 6.45) is 4.61. The van der Waals surface area contributed by atoms with Gasteiger partial charge in [-0.15, -0.1) is 0 Å². The predicted octanol–water partition coefficient (Wildman–Crippen LogP) is 1.87. The van der Waals surface area contributed by atoms with Crippen molar-refractivity contribution >= 4 is 0 Å². The fraction of sp³-hybridized carbons (Fsp3) is 0.571. The van der Waals surface area contributed by atoms with E-state index in [9.17, 15) is 5.11 Å². The second-order valence-corrected chi connectivity index (χ2v) is 4.69. The zero-order valence-electron chi connectivity index (χ0n) is 10.1. The van der Waals surface area contributed by atoms with Crippen LogP contribution in [-0.4, -0.2) is 23.9 Å². The monoisotopic (exact) mass is 235 g/mol. The van der Waals surface area contributed by atoms with Crippen molar-refractivity contribution in [1.82, 2.24) is 0 Å². The lowest BCUT2D eigenvalue weighted by Crippen LogP contribution is -2.34. The fourth-order valence-electron chi connectivity index (χ4n) is 2.29. The summed E-state index contributed by atoms with van der Waals surface area (Å²) in [4.78, 5) is 0. The van der Waals surface area contributed by atoms with Crippen molar-refractivity contribution < 1.29 is 9.84 Å². The van der Waals surface area contributed by atoms with Gasteiger partial charge in [0.05, 0.1) is 6.10 Å². The smallest absolute Gasteiger partial charge is 0.124 e. The molecule has 1 aromatic rings. The lowest BCUT2D eigenvalue weighted by atomic mass is 9.95. The maximum atomic E-state index is 9.83. The highest BCUT2D eigenvalue weighted by Crippen LogP contribution is 2.24. The molecule has 2 rings (SSSR count). The van der Waals surface area contributed by atoms with E-state index < -0.39 is 0 Å². The SMILES string of the molecule is NCCc1ccc(OC2CCCCC2O)cc1. The van der Waals surface area contributed by atoms with E-state index in [4.69, 9.17) is 10.5 Å². The molecule has 0 radical (unpaired) electrons. The Labute approximate surface area is 103 Å². The van der Waals surface area contributed by atoms with Crippen LogP contribution >= 0.6 is 0 Å². The Bertz CT molecular complexity index is 337. The summed E-state index contributed by atoms with van der Waals surface area (Å²) < 4.78 is 5.82. The van der Waals surface area contributed by atoms with Crippen molar-refractivity contribution in [3.63, 3.8) is 0 Å². The minimum absolute atomic E-state index is 0.0379. The van der Waals surface area contributed by atoms with E-state index in [0.29, 0.717) is 6.54 Å². The molecule has 1 aliphatic carbocycles. The molecule has 3 nitrogen and oxygen atoms in total. The Kier molecular flexibility index (Phi) is 4.40. The van der Waals surface area contributed by atoms with Crippen molar-refractivity contribution in [2.45, 2.75) is 44.3 Å². The van der Waals surface area contributed by atoms with Gasteiger partial charge < -0.3 is 15.6 Å². The second kappa shape index (κ2) is 6.03. The average molecular weight is 235 g/mol. The maximum Gasteiger partial charge on any atom is 0.124 e. The fourth-order valence-corrected chi connectivity index (χ4v) is 2.29. The third kappa shape index (κ3) is 3.45.